The van der Waals surface area contributed by atoms with Crippen LogP contribution in [0.3, 0.4) is 0 Å². The lowest BCUT2D eigenvalue weighted by atomic mass is 9.96. The maximum absolute atomic E-state index is 14.2. The summed E-state index contributed by atoms with van der Waals surface area (Å²) in [5.41, 5.74) is 7.06. The molecule has 2 aromatic heterocycles. The fraction of sp³-hybridized carbons (Fsp3) is 0.400. The van der Waals surface area contributed by atoms with Gasteiger partial charge in [-0.05, 0) is 75.7 Å². The van der Waals surface area contributed by atoms with Crippen molar-refractivity contribution >= 4 is 22.9 Å². The van der Waals surface area contributed by atoms with Crippen LogP contribution in [0, 0.1) is 11.3 Å². The lowest BCUT2D eigenvalue weighted by Crippen LogP contribution is -2.54. The van der Waals surface area contributed by atoms with Crippen LogP contribution in [-0.2, 0) is 4.79 Å². The first-order valence-corrected chi connectivity index (χ1v) is 16.2. The van der Waals surface area contributed by atoms with Crippen molar-refractivity contribution in [3.05, 3.63) is 83.1 Å². The van der Waals surface area contributed by atoms with E-state index in [0.717, 1.165) is 32.7 Å². The minimum Gasteiger partial charge on any atom is -0.457 e. The summed E-state index contributed by atoms with van der Waals surface area (Å²) >= 11 is 0. The van der Waals surface area contributed by atoms with E-state index in [0.29, 0.717) is 47.7 Å². The summed E-state index contributed by atoms with van der Waals surface area (Å²) in [5.74, 6) is 1.18. The number of ether oxygens (including phenoxy) is 1. The smallest absolute Gasteiger partial charge is 0.335 e. The summed E-state index contributed by atoms with van der Waals surface area (Å²) in [6.45, 7) is 11.7. The van der Waals surface area contributed by atoms with Gasteiger partial charge in [0.15, 0.2) is 11.5 Å². The Bertz CT molecular complexity index is 1860. The van der Waals surface area contributed by atoms with E-state index in [9.17, 15) is 14.9 Å². The summed E-state index contributed by atoms with van der Waals surface area (Å²) in [5, 5.41) is 10.1. The highest BCUT2D eigenvalue weighted by Crippen LogP contribution is 2.30. The third-order valence-corrected chi connectivity index (χ3v) is 9.29. The van der Waals surface area contributed by atoms with E-state index < -0.39 is 5.54 Å². The Morgan fingerprint density at radius 2 is 1.74 bits per heavy atom. The fourth-order valence-electron chi connectivity index (χ4n) is 6.67. The normalized spacial score (nSPS) is 18.3. The Hall–Kier alpha value is -4.99. The number of anilines is 1. The molecule has 12 heteroatoms. The number of carbonyl (C=O) groups is 1. The zero-order chi connectivity index (χ0) is 33.1. The van der Waals surface area contributed by atoms with E-state index in [4.69, 9.17) is 10.5 Å². The summed E-state index contributed by atoms with van der Waals surface area (Å²) in [4.78, 5) is 43.1. The first kappa shape index (κ1) is 32.0. The van der Waals surface area contributed by atoms with Gasteiger partial charge in [-0.15, -0.1) is 0 Å². The Morgan fingerprint density at radius 3 is 2.43 bits per heavy atom. The maximum atomic E-state index is 14.2. The number of hydrogen-bond donors (Lipinski definition) is 1. The zero-order valence-electron chi connectivity index (χ0n) is 27.2. The molecule has 2 fully saturated rings. The number of nitrogen functional groups attached to an aromatic ring is 1. The van der Waals surface area contributed by atoms with E-state index >= 15 is 0 Å². The van der Waals surface area contributed by atoms with E-state index in [1.54, 1.807) is 39.8 Å². The first-order chi connectivity index (χ1) is 22.7. The number of para-hydroxylation sites is 1. The minimum absolute atomic E-state index is 0.118. The number of likely N-dealkylation sites (tertiary alicyclic amines) is 1. The van der Waals surface area contributed by atoms with Crippen LogP contribution in [0.5, 0.6) is 11.5 Å². The van der Waals surface area contributed by atoms with Crippen LogP contribution < -0.4 is 16.2 Å². The number of rotatable bonds is 8. The number of piperazine rings is 1. The van der Waals surface area contributed by atoms with Crippen molar-refractivity contribution in [2.45, 2.75) is 45.2 Å². The molecule has 0 unspecified atom stereocenters. The number of imidazole rings is 1. The molecule has 0 bridgehead atoms. The molecule has 2 aliphatic rings. The minimum atomic E-state index is -0.462. The number of piperidine rings is 1. The molecular formula is C35H41N9O3. The molecule has 1 atom stereocenters. The SMILES string of the molecule is CCN1CCN(C(C)(C)C=C(C#N)C(=O)N2CCC[C@H](n3c(=O)n(-c4ccc(Oc5ccccc5)cc4)c4c(N)ncnc43)C2)CC1. The largest absolute Gasteiger partial charge is 0.457 e. The number of likely N-dealkylation sites (N-methyl/N-ethyl adjacent to an activating group) is 1. The summed E-state index contributed by atoms with van der Waals surface area (Å²) in [7, 11) is 0. The number of nitrogens with zero attached hydrogens (tertiary/aromatic N) is 8. The number of hydrogen-bond acceptors (Lipinski definition) is 9. The Kier molecular flexibility index (Phi) is 9.11. The zero-order valence-corrected chi connectivity index (χ0v) is 27.2. The van der Waals surface area contributed by atoms with Gasteiger partial charge in [-0.3, -0.25) is 18.8 Å². The van der Waals surface area contributed by atoms with Crippen molar-refractivity contribution in [3.63, 3.8) is 0 Å². The molecule has 0 spiro atoms. The van der Waals surface area contributed by atoms with Crippen LogP contribution in [0.15, 0.2) is 77.4 Å². The van der Waals surface area contributed by atoms with E-state index in [-0.39, 0.29) is 35.6 Å². The summed E-state index contributed by atoms with van der Waals surface area (Å²) in [6, 6.07) is 18.4. The van der Waals surface area contributed by atoms with E-state index in [1.165, 1.54) is 10.9 Å². The van der Waals surface area contributed by atoms with Gasteiger partial charge in [-0.25, -0.2) is 14.8 Å². The number of carbonyl (C=O) groups excluding carboxylic acids is 1. The number of fused-ring (bicyclic) bond motifs is 1. The second-order valence-electron chi connectivity index (χ2n) is 12.6. The van der Waals surface area contributed by atoms with Gasteiger partial charge in [-0.2, -0.15) is 5.26 Å². The molecule has 2 aromatic carbocycles. The third kappa shape index (κ3) is 6.50. The Morgan fingerprint density at radius 1 is 1.04 bits per heavy atom. The van der Waals surface area contributed by atoms with Gasteiger partial charge >= 0.3 is 5.69 Å². The molecular weight excluding hydrogens is 594 g/mol. The van der Waals surface area contributed by atoms with Crippen molar-refractivity contribution in [2.24, 2.45) is 0 Å². The molecule has 0 aliphatic carbocycles. The van der Waals surface area contributed by atoms with E-state index in [1.807, 2.05) is 30.3 Å². The Labute approximate surface area is 274 Å². The highest BCUT2D eigenvalue weighted by molar-refractivity contribution is 5.97. The number of amides is 1. The lowest BCUT2D eigenvalue weighted by Gasteiger charge is -2.42. The summed E-state index contributed by atoms with van der Waals surface area (Å²) in [6.07, 6.45) is 4.48. The molecule has 2 saturated heterocycles. The second kappa shape index (κ2) is 13.4. The average molecular weight is 636 g/mol. The molecule has 0 saturated carbocycles. The van der Waals surface area contributed by atoms with Crippen LogP contribution in [0.1, 0.15) is 39.7 Å². The molecule has 4 aromatic rings. The number of aromatic nitrogens is 4. The lowest BCUT2D eigenvalue weighted by molar-refractivity contribution is -0.128. The fourth-order valence-corrected chi connectivity index (χ4v) is 6.67. The van der Waals surface area contributed by atoms with Gasteiger partial charge < -0.3 is 20.3 Å². The third-order valence-electron chi connectivity index (χ3n) is 9.29. The summed E-state index contributed by atoms with van der Waals surface area (Å²) < 4.78 is 9.07. The van der Waals surface area contributed by atoms with Crippen LogP contribution in [0.25, 0.3) is 16.9 Å². The highest BCUT2D eigenvalue weighted by Gasteiger charge is 2.34. The molecule has 47 heavy (non-hydrogen) atoms. The van der Waals surface area contributed by atoms with E-state index in [2.05, 4.69) is 46.6 Å². The van der Waals surface area contributed by atoms with Gasteiger partial charge in [0, 0.05) is 44.8 Å². The van der Waals surface area contributed by atoms with Gasteiger partial charge in [0.05, 0.1) is 11.7 Å². The van der Waals surface area contributed by atoms with Crippen molar-refractivity contribution in [3.8, 4) is 23.3 Å². The van der Waals surface area contributed by atoms with Gasteiger partial charge in [0.25, 0.3) is 5.91 Å². The standard InChI is InChI=1S/C35H41N9O3/c1-4-40-17-19-42(20-18-40)35(2,3)21-25(22-36)33(45)41-16-8-9-27(23-41)44-32-30(31(37)38-24-39-32)43(34(44)46)26-12-14-29(15-13-26)47-28-10-6-5-7-11-28/h5-7,10-15,21,24,27H,4,8-9,16-20,23H2,1-3H3,(H2,37,38,39)/t27-/m0/s1. The number of nitriles is 1. The molecule has 0 radical (unpaired) electrons. The van der Waals surface area contributed by atoms with Crippen molar-refractivity contribution < 1.29 is 9.53 Å². The quantitative estimate of drug-likeness (QED) is 0.225. The second-order valence-corrected chi connectivity index (χ2v) is 12.6. The molecule has 6 rings (SSSR count). The van der Waals surface area contributed by atoms with Gasteiger partial charge in [0.2, 0.25) is 0 Å². The van der Waals surface area contributed by atoms with Crippen LogP contribution in [0.2, 0.25) is 0 Å². The predicted octanol–water partition coefficient (Wildman–Crippen LogP) is 3.99. The predicted molar refractivity (Wildman–Crippen MR) is 180 cm³/mol. The molecule has 2 N–H and O–H groups in total. The molecule has 12 nitrogen and oxygen atoms in total. The van der Waals surface area contributed by atoms with Crippen LogP contribution >= 0.6 is 0 Å². The topological polar surface area (TPSA) is 139 Å². The molecule has 4 heterocycles. The number of benzene rings is 2. The average Bonchev–Trinajstić information content (AvgIpc) is 3.40. The highest BCUT2D eigenvalue weighted by atomic mass is 16.5. The maximum Gasteiger partial charge on any atom is 0.335 e. The van der Waals surface area contributed by atoms with Crippen molar-refractivity contribution in [1.82, 2.24) is 33.8 Å². The Balaban J connectivity index is 1.27. The van der Waals surface area contributed by atoms with Crippen LogP contribution in [-0.4, -0.2) is 91.1 Å². The van der Waals surface area contributed by atoms with Crippen LogP contribution in [0.4, 0.5) is 5.82 Å². The monoisotopic (exact) mass is 635 g/mol. The van der Waals surface area contributed by atoms with Gasteiger partial charge in [-0.1, -0.05) is 25.1 Å². The van der Waals surface area contributed by atoms with Crippen molar-refractivity contribution in [1.29, 1.82) is 5.26 Å². The van der Waals surface area contributed by atoms with Gasteiger partial charge in [0.1, 0.15) is 35.0 Å². The van der Waals surface area contributed by atoms with Crippen molar-refractivity contribution in [2.75, 3.05) is 51.5 Å². The number of nitrogens with two attached hydrogens (primary N) is 1. The first-order valence-electron chi connectivity index (χ1n) is 16.2. The molecule has 244 valence electrons. The molecule has 2 aliphatic heterocycles. The molecule has 1 amide bonds.